The van der Waals surface area contributed by atoms with Gasteiger partial charge in [-0.1, -0.05) is 13.8 Å². The highest BCUT2D eigenvalue weighted by molar-refractivity contribution is 5.80. The molecule has 16 heavy (non-hydrogen) atoms. The zero-order valence-electron chi connectivity index (χ0n) is 9.77. The van der Waals surface area contributed by atoms with Crippen LogP contribution in [0.4, 0.5) is 0 Å². The molecule has 0 aromatic carbocycles. The summed E-state index contributed by atoms with van der Waals surface area (Å²) >= 11 is 0. The molecule has 0 amide bonds. The van der Waals surface area contributed by atoms with Crippen LogP contribution in [0.25, 0.3) is 11.0 Å². The van der Waals surface area contributed by atoms with Gasteiger partial charge in [-0.25, -0.2) is 4.98 Å². The third kappa shape index (κ3) is 1.71. The molecule has 0 atom stereocenters. The Labute approximate surface area is 94.3 Å². The van der Waals surface area contributed by atoms with Gasteiger partial charge in [0.1, 0.15) is 6.29 Å². The van der Waals surface area contributed by atoms with E-state index >= 15 is 0 Å². The monoisotopic (exact) mass is 217 g/mol. The van der Waals surface area contributed by atoms with Crippen molar-refractivity contribution in [1.82, 2.24) is 14.8 Å². The molecule has 0 bridgehead atoms. The largest absolute Gasteiger partial charge is 0.303 e. The Balaban J connectivity index is 2.64. The van der Waals surface area contributed by atoms with Crippen molar-refractivity contribution in [2.24, 2.45) is 7.05 Å². The highest BCUT2D eigenvalue weighted by Gasteiger charge is 2.12. The third-order valence-corrected chi connectivity index (χ3v) is 2.63. The molecule has 2 aromatic rings. The van der Waals surface area contributed by atoms with E-state index in [2.05, 4.69) is 23.9 Å². The maximum atomic E-state index is 10.5. The average molecular weight is 217 g/mol. The summed E-state index contributed by atoms with van der Waals surface area (Å²) in [5.74, 6) is 0.358. The van der Waals surface area contributed by atoms with Crippen LogP contribution >= 0.6 is 0 Å². The number of aldehydes is 1. The van der Waals surface area contributed by atoms with Crippen molar-refractivity contribution in [1.29, 1.82) is 0 Å². The standard InChI is InChI=1S/C12H15N3O/c1-8(2)11-10-6-9(4-5-16)7-13-12(10)15(3)14-11/h5-8H,4H2,1-3H3. The molecule has 2 rings (SSSR count). The van der Waals surface area contributed by atoms with Crippen molar-refractivity contribution >= 4 is 17.3 Å². The van der Waals surface area contributed by atoms with E-state index in [4.69, 9.17) is 0 Å². The van der Waals surface area contributed by atoms with Crippen LogP contribution in [-0.4, -0.2) is 21.1 Å². The summed E-state index contributed by atoms with van der Waals surface area (Å²) in [4.78, 5) is 14.8. The molecule has 4 heteroatoms. The van der Waals surface area contributed by atoms with Crippen LogP contribution in [0.1, 0.15) is 31.0 Å². The van der Waals surface area contributed by atoms with Crippen LogP contribution in [0.15, 0.2) is 12.3 Å². The number of rotatable bonds is 3. The van der Waals surface area contributed by atoms with Crippen LogP contribution in [0, 0.1) is 0 Å². The summed E-state index contributed by atoms with van der Waals surface area (Å²) in [6.45, 7) is 4.21. The molecule has 0 aliphatic heterocycles. The average Bonchev–Trinajstić information content (AvgIpc) is 2.57. The molecule has 0 unspecified atom stereocenters. The highest BCUT2D eigenvalue weighted by Crippen LogP contribution is 2.23. The van der Waals surface area contributed by atoms with E-state index in [1.165, 1.54) is 0 Å². The zero-order valence-corrected chi connectivity index (χ0v) is 9.77. The minimum Gasteiger partial charge on any atom is -0.303 e. The van der Waals surface area contributed by atoms with E-state index in [0.717, 1.165) is 28.6 Å². The molecule has 0 aliphatic rings. The van der Waals surface area contributed by atoms with Gasteiger partial charge in [0, 0.05) is 25.1 Å². The van der Waals surface area contributed by atoms with Crippen molar-refractivity contribution in [3.8, 4) is 0 Å². The Morgan fingerprint density at radius 3 is 2.88 bits per heavy atom. The summed E-state index contributed by atoms with van der Waals surface area (Å²) in [6, 6.07) is 2.01. The third-order valence-electron chi connectivity index (χ3n) is 2.63. The topological polar surface area (TPSA) is 47.8 Å². The second-order valence-electron chi connectivity index (χ2n) is 4.25. The van der Waals surface area contributed by atoms with Crippen LogP contribution in [-0.2, 0) is 18.3 Å². The van der Waals surface area contributed by atoms with Crippen LogP contribution in [0.5, 0.6) is 0 Å². The maximum absolute atomic E-state index is 10.5. The van der Waals surface area contributed by atoms with Crippen LogP contribution < -0.4 is 0 Å². The van der Waals surface area contributed by atoms with Gasteiger partial charge in [-0.05, 0) is 17.5 Å². The van der Waals surface area contributed by atoms with Crippen molar-refractivity contribution in [3.63, 3.8) is 0 Å². The van der Waals surface area contributed by atoms with Crippen molar-refractivity contribution in [3.05, 3.63) is 23.5 Å². The first kappa shape index (κ1) is 10.8. The molecule has 4 nitrogen and oxygen atoms in total. The minimum atomic E-state index is 0.358. The molecule has 0 fully saturated rings. The number of nitrogens with zero attached hydrogens (tertiary/aromatic N) is 3. The van der Waals surface area contributed by atoms with Gasteiger partial charge in [-0.3, -0.25) is 4.68 Å². The maximum Gasteiger partial charge on any atom is 0.157 e. The lowest BCUT2D eigenvalue weighted by Crippen LogP contribution is -1.93. The molecular formula is C12H15N3O. The molecule has 0 N–H and O–H groups in total. The normalized spacial score (nSPS) is 11.2. The summed E-state index contributed by atoms with van der Waals surface area (Å²) in [5, 5.41) is 5.51. The Morgan fingerprint density at radius 1 is 1.50 bits per heavy atom. The molecular weight excluding hydrogens is 202 g/mol. The van der Waals surface area contributed by atoms with Gasteiger partial charge in [0.2, 0.25) is 0 Å². The number of hydrogen-bond donors (Lipinski definition) is 0. The fraction of sp³-hybridized carbons (Fsp3) is 0.417. The first-order valence-electron chi connectivity index (χ1n) is 5.38. The fourth-order valence-corrected chi connectivity index (χ4v) is 1.84. The van der Waals surface area contributed by atoms with Crippen molar-refractivity contribution < 1.29 is 4.79 Å². The minimum absolute atomic E-state index is 0.358. The van der Waals surface area contributed by atoms with E-state index in [-0.39, 0.29) is 0 Å². The van der Waals surface area contributed by atoms with Crippen LogP contribution in [0.3, 0.4) is 0 Å². The van der Waals surface area contributed by atoms with Gasteiger partial charge in [-0.15, -0.1) is 0 Å². The lowest BCUT2D eigenvalue weighted by atomic mass is 10.1. The molecule has 84 valence electrons. The number of carbonyl (C=O) groups is 1. The summed E-state index contributed by atoms with van der Waals surface area (Å²) in [6.07, 6.45) is 3.05. The van der Waals surface area contributed by atoms with Gasteiger partial charge < -0.3 is 4.79 Å². The molecule has 0 radical (unpaired) electrons. The quantitative estimate of drug-likeness (QED) is 0.737. The smallest absolute Gasteiger partial charge is 0.157 e. The summed E-state index contributed by atoms with van der Waals surface area (Å²) in [7, 11) is 1.89. The number of fused-ring (bicyclic) bond motifs is 1. The Bertz CT molecular complexity index is 528. The van der Waals surface area contributed by atoms with Gasteiger partial charge in [-0.2, -0.15) is 5.10 Å². The Morgan fingerprint density at radius 2 is 2.25 bits per heavy atom. The van der Waals surface area contributed by atoms with Gasteiger partial charge in [0.25, 0.3) is 0 Å². The van der Waals surface area contributed by atoms with Gasteiger partial charge in [0.05, 0.1) is 5.69 Å². The van der Waals surface area contributed by atoms with E-state index < -0.39 is 0 Å². The van der Waals surface area contributed by atoms with E-state index in [1.807, 2.05) is 13.1 Å². The number of carbonyl (C=O) groups excluding carboxylic acids is 1. The highest BCUT2D eigenvalue weighted by atomic mass is 16.1. The Hall–Kier alpha value is -1.71. The zero-order chi connectivity index (χ0) is 11.7. The predicted molar refractivity (Wildman–Crippen MR) is 62.4 cm³/mol. The number of aromatic nitrogens is 3. The number of hydrogen-bond acceptors (Lipinski definition) is 3. The van der Waals surface area contributed by atoms with Crippen molar-refractivity contribution in [2.45, 2.75) is 26.2 Å². The van der Waals surface area contributed by atoms with Gasteiger partial charge in [0.15, 0.2) is 5.65 Å². The second kappa shape index (κ2) is 4.04. The predicted octanol–water partition coefficient (Wildman–Crippen LogP) is 1.83. The number of aryl methyl sites for hydroxylation is 1. The van der Waals surface area contributed by atoms with E-state index in [9.17, 15) is 4.79 Å². The summed E-state index contributed by atoms with van der Waals surface area (Å²) in [5.41, 5.74) is 2.86. The Kier molecular flexibility index (Phi) is 2.73. The van der Waals surface area contributed by atoms with Crippen LogP contribution in [0.2, 0.25) is 0 Å². The first-order valence-corrected chi connectivity index (χ1v) is 5.38. The number of pyridine rings is 1. The summed E-state index contributed by atoms with van der Waals surface area (Å²) < 4.78 is 1.79. The molecule has 0 saturated carbocycles. The molecule has 2 aromatic heterocycles. The lowest BCUT2D eigenvalue weighted by molar-refractivity contribution is -0.107. The van der Waals surface area contributed by atoms with Gasteiger partial charge >= 0.3 is 0 Å². The SMILES string of the molecule is CC(C)c1nn(C)c2ncc(CC=O)cc12. The first-order chi connectivity index (χ1) is 7.63. The molecule has 2 heterocycles. The second-order valence-corrected chi connectivity index (χ2v) is 4.25. The van der Waals surface area contributed by atoms with E-state index in [0.29, 0.717) is 12.3 Å². The van der Waals surface area contributed by atoms with Crippen molar-refractivity contribution in [2.75, 3.05) is 0 Å². The molecule has 0 spiro atoms. The van der Waals surface area contributed by atoms with E-state index in [1.54, 1.807) is 10.9 Å². The fourth-order valence-electron chi connectivity index (χ4n) is 1.84. The lowest BCUT2D eigenvalue weighted by Gasteiger charge is -2.00. The molecule has 0 saturated heterocycles. The molecule has 0 aliphatic carbocycles.